The third kappa shape index (κ3) is 3.43. The van der Waals surface area contributed by atoms with E-state index in [0.717, 1.165) is 0 Å². The standard InChI is InChI=1S/C16H20FN3O4/c1-2-14(21)18-15-9-20(16(22)24-15)12-5-3-4-11(8-12)19-6-7-23-10-13(19)17/h3-5,8,13,15H,2,6-7,9-10H2,1H3,(H,18,21)/t13?,15-/m0/s1. The van der Waals surface area contributed by atoms with Crippen LogP contribution < -0.4 is 15.1 Å². The van der Waals surface area contributed by atoms with Crippen molar-refractivity contribution < 1.29 is 23.5 Å². The fourth-order valence-corrected chi connectivity index (χ4v) is 2.73. The van der Waals surface area contributed by atoms with E-state index >= 15 is 0 Å². The van der Waals surface area contributed by atoms with Crippen LogP contribution in [-0.4, -0.2) is 50.8 Å². The summed E-state index contributed by atoms with van der Waals surface area (Å²) in [5.41, 5.74) is 1.28. The largest absolute Gasteiger partial charge is 0.423 e. The predicted molar refractivity (Wildman–Crippen MR) is 85.6 cm³/mol. The number of hydrogen-bond donors (Lipinski definition) is 1. The molecule has 2 heterocycles. The number of morpholine rings is 1. The minimum absolute atomic E-state index is 0.0289. The van der Waals surface area contributed by atoms with Crippen molar-refractivity contribution in [1.82, 2.24) is 5.32 Å². The molecule has 24 heavy (non-hydrogen) atoms. The molecule has 2 fully saturated rings. The molecule has 7 nitrogen and oxygen atoms in total. The van der Waals surface area contributed by atoms with Crippen LogP contribution in [0, 0.1) is 0 Å². The molecular formula is C16H20FN3O4. The van der Waals surface area contributed by atoms with E-state index in [0.29, 0.717) is 30.9 Å². The number of halogens is 1. The molecule has 0 radical (unpaired) electrons. The van der Waals surface area contributed by atoms with E-state index in [4.69, 9.17) is 9.47 Å². The maximum Gasteiger partial charge on any atom is 0.416 e. The van der Waals surface area contributed by atoms with E-state index in [1.165, 1.54) is 4.90 Å². The number of rotatable bonds is 4. The molecule has 1 N–H and O–H groups in total. The van der Waals surface area contributed by atoms with Crippen molar-refractivity contribution in [3.05, 3.63) is 24.3 Å². The Balaban J connectivity index is 1.74. The summed E-state index contributed by atoms with van der Waals surface area (Å²) >= 11 is 0. The lowest BCUT2D eigenvalue weighted by Crippen LogP contribution is -2.43. The fourth-order valence-electron chi connectivity index (χ4n) is 2.73. The highest BCUT2D eigenvalue weighted by Crippen LogP contribution is 2.28. The van der Waals surface area contributed by atoms with Gasteiger partial charge >= 0.3 is 6.09 Å². The fraction of sp³-hybridized carbons (Fsp3) is 0.500. The summed E-state index contributed by atoms with van der Waals surface area (Å²) < 4.78 is 24.3. The van der Waals surface area contributed by atoms with Crippen molar-refractivity contribution in [2.75, 3.05) is 36.1 Å². The summed E-state index contributed by atoms with van der Waals surface area (Å²) in [6.07, 6.45) is -2.10. The van der Waals surface area contributed by atoms with E-state index in [1.807, 2.05) is 0 Å². The van der Waals surface area contributed by atoms with Crippen molar-refractivity contribution in [2.45, 2.75) is 25.9 Å². The maximum atomic E-state index is 14.0. The Hall–Kier alpha value is -2.35. The van der Waals surface area contributed by atoms with Gasteiger partial charge in [0.2, 0.25) is 5.91 Å². The number of amides is 2. The first-order valence-electron chi connectivity index (χ1n) is 7.94. The zero-order chi connectivity index (χ0) is 17.1. The van der Waals surface area contributed by atoms with Gasteiger partial charge in [0.15, 0.2) is 12.5 Å². The Bertz CT molecular complexity index is 627. The Morgan fingerprint density at radius 2 is 2.21 bits per heavy atom. The van der Waals surface area contributed by atoms with Gasteiger partial charge in [-0.05, 0) is 18.2 Å². The molecule has 8 heteroatoms. The lowest BCUT2D eigenvalue weighted by atomic mass is 10.2. The Kier molecular flexibility index (Phi) is 4.84. The highest BCUT2D eigenvalue weighted by molar-refractivity contribution is 5.91. The second-order valence-electron chi connectivity index (χ2n) is 5.63. The number of cyclic esters (lactones) is 1. The zero-order valence-corrected chi connectivity index (χ0v) is 13.4. The molecule has 0 aromatic heterocycles. The normalized spacial score (nSPS) is 24.0. The van der Waals surface area contributed by atoms with Crippen molar-refractivity contribution in [1.29, 1.82) is 0 Å². The van der Waals surface area contributed by atoms with E-state index in [1.54, 1.807) is 36.1 Å². The van der Waals surface area contributed by atoms with Gasteiger partial charge in [-0.1, -0.05) is 13.0 Å². The summed E-state index contributed by atoms with van der Waals surface area (Å²) in [4.78, 5) is 26.5. The van der Waals surface area contributed by atoms with E-state index in [9.17, 15) is 14.0 Å². The molecule has 0 aliphatic carbocycles. The molecule has 0 saturated carbocycles. The number of nitrogens with one attached hydrogen (secondary N) is 1. The second-order valence-corrected chi connectivity index (χ2v) is 5.63. The molecule has 130 valence electrons. The third-order valence-corrected chi connectivity index (χ3v) is 4.00. The topological polar surface area (TPSA) is 71.1 Å². The number of nitrogens with zero attached hydrogens (tertiary/aromatic N) is 2. The summed E-state index contributed by atoms with van der Waals surface area (Å²) in [6, 6.07) is 7.04. The molecule has 2 aliphatic heterocycles. The van der Waals surface area contributed by atoms with Gasteiger partial charge < -0.3 is 19.7 Å². The Morgan fingerprint density at radius 1 is 1.42 bits per heavy atom. The Morgan fingerprint density at radius 3 is 2.96 bits per heavy atom. The van der Waals surface area contributed by atoms with Crippen LogP contribution in [0.1, 0.15) is 13.3 Å². The number of carbonyl (C=O) groups excluding carboxylic acids is 2. The van der Waals surface area contributed by atoms with Gasteiger partial charge in [0.1, 0.15) is 0 Å². The van der Waals surface area contributed by atoms with Crippen LogP contribution >= 0.6 is 0 Å². The minimum Gasteiger partial charge on any atom is -0.423 e. The molecular weight excluding hydrogens is 317 g/mol. The molecule has 2 amide bonds. The summed E-state index contributed by atoms with van der Waals surface area (Å²) in [6.45, 7) is 2.88. The van der Waals surface area contributed by atoms with Gasteiger partial charge in [-0.25, -0.2) is 9.18 Å². The average Bonchev–Trinajstić information content (AvgIpc) is 2.95. The number of ether oxygens (including phenoxy) is 2. The monoisotopic (exact) mass is 337 g/mol. The molecule has 3 rings (SSSR count). The lowest BCUT2D eigenvalue weighted by molar-refractivity contribution is -0.123. The molecule has 2 atom stereocenters. The van der Waals surface area contributed by atoms with E-state index < -0.39 is 18.6 Å². The molecule has 2 aliphatic rings. The van der Waals surface area contributed by atoms with Crippen LogP contribution in [0.25, 0.3) is 0 Å². The van der Waals surface area contributed by atoms with E-state index in [-0.39, 0.29) is 19.1 Å². The van der Waals surface area contributed by atoms with Crippen molar-refractivity contribution in [2.24, 2.45) is 0 Å². The van der Waals surface area contributed by atoms with Crippen molar-refractivity contribution in [3.63, 3.8) is 0 Å². The predicted octanol–water partition coefficient (Wildman–Crippen LogP) is 1.63. The first kappa shape index (κ1) is 16.5. The molecule has 2 saturated heterocycles. The lowest BCUT2D eigenvalue weighted by Gasteiger charge is -2.32. The minimum atomic E-state index is -1.21. The summed E-state index contributed by atoms with van der Waals surface area (Å²) in [7, 11) is 0. The second kappa shape index (κ2) is 7.04. The molecule has 1 aromatic carbocycles. The molecule has 0 bridgehead atoms. The van der Waals surface area contributed by atoms with Crippen LogP contribution in [0.2, 0.25) is 0 Å². The SMILES string of the molecule is CCC(=O)N[C@@H]1CN(c2cccc(N3CCOCC3F)c2)C(=O)O1. The highest BCUT2D eigenvalue weighted by Gasteiger charge is 2.33. The number of hydrogen-bond acceptors (Lipinski definition) is 5. The number of anilines is 2. The Labute approximate surface area is 139 Å². The first-order chi connectivity index (χ1) is 11.6. The smallest absolute Gasteiger partial charge is 0.416 e. The van der Waals surface area contributed by atoms with Gasteiger partial charge in [0.05, 0.1) is 19.8 Å². The van der Waals surface area contributed by atoms with Crippen LogP contribution in [0.3, 0.4) is 0 Å². The van der Waals surface area contributed by atoms with Crippen LogP contribution in [0.15, 0.2) is 24.3 Å². The quantitative estimate of drug-likeness (QED) is 0.846. The van der Waals surface area contributed by atoms with Gasteiger partial charge in [-0.2, -0.15) is 0 Å². The summed E-state index contributed by atoms with van der Waals surface area (Å²) in [5, 5.41) is 2.63. The summed E-state index contributed by atoms with van der Waals surface area (Å²) in [5.74, 6) is -0.183. The highest BCUT2D eigenvalue weighted by atomic mass is 19.1. The molecule has 1 aromatic rings. The van der Waals surface area contributed by atoms with Crippen LogP contribution in [0.5, 0.6) is 0 Å². The molecule has 1 unspecified atom stereocenters. The van der Waals surface area contributed by atoms with E-state index in [2.05, 4.69) is 5.32 Å². The van der Waals surface area contributed by atoms with Crippen molar-refractivity contribution >= 4 is 23.4 Å². The average molecular weight is 337 g/mol. The maximum absolute atomic E-state index is 14.0. The third-order valence-electron chi connectivity index (χ3n) is 4.00. The van der Waals surface area contributed by atoms with Gasteiger partial charge in [0, 0.05) is 24.3 Å². The number of carbonyl (C=O) groups is 2. The van der Waals surface area contributed by atoms with Crippen molar-refractivity contribution in [3.8, 4) is 0 Å². The number of alkyl halides is 1. The van der Waals surface area contributed by atoms with Crippen LogP contribution in [-0.2, 0) is 14.3 Å². The molecule has 0 spiro atoms. The van der Waals surface area contributed by atoms with Gasteiger partial charge in [0.25, 0.3) is 0 Å². The van der Waals surface area contributed by atoms with Gasteiger partial charge in [-0.3, -0.25) is 9.69 Å². The zero-order valence-electron chi connectivity index (χ0n) is 13.4. The van der Waals surface area contributed by atoms with Gasteiger partial charge in [-0.15, -0.1) is 0 Å². The first-order valence-corrected chi connectivity index (χ1v) is 7.94. The van der Waals surface area contributed by atoms with Crippen LogP contribution in [0.4, 0.5) is 20.6 Å². The number of benzene rings is 1.